The molecule has 1 aromatic rings. The number of nitrogens with one attached hydrogen (secondary N) is 2. The standard InChI is InChI=1S/C12H21N3O/c1-3-4-5-6-7-8-12(16)13-11-9-10(2)14-15-11/h9H,3-8H2,1-2H3,(H2,13,14,15,16). The topological polar surface area (TPSA) is 57.8 Å². The minimum absolute atomic E-state index is 0.0583. The molecule has 1 amide bonds. The van der Waals surface area contributed by atoms with E-state index in [0.29, 0.717) is 12.2 Å². The molecule has 4 heteroatoms. The summed E-state index contributed by atoms with van der Waals surface area (Å²) >= 11 is 0. The van der Waals surface area contributed by atoms with Crippen molar-refractivity contribution in [3.8, 4) is 0 Å². The Hall–Kier alpha value is -1.32. The fourth-order valence-electron chi connectivity index (χ4n) is 1.58. The molecule has 0 spiro atoms. The summed E-state index contributed by atoms with van der Waals surface area (Å²) in [5.74, 6) is 0.680. The quantitative estimate of drug-likeness (QED) is 0.698. The van der Waals surface area contributed by atoms with Gasteiger partial charge in [0.15, 0.2) is 5.82 Å². The molecule has 0 aliphatic rings. The molecular formula is C12H21N3O. The lowest BCUT2D eigenvalue weighted by atomic mass is 10.1. The van der Waals surface area contributed by atoms with Crippen molar-refractivity contribution in [1.29, 1.82) is 0 Å². The zero-order valence-corrected chi connectivity index (χ0v) is 10.2. The fourth-order valence-corrected chi connectivity index (χ4v) is 1.58. The van der Waals surface area contributed by atoms with E-state index >= 15 is 0 Å². The van der Waals surface area contributed by atoms with Gasteiger partial charge in [0, 0.05) is 18.2 Å². The van der Waals surface area contributed by atoms with E-state index in [-0.39, 0.29) is 5.91 Å². The van der Waals surface area contributed by atoms with E-state index in [1.165, 1.54) is 19.3 Å². The first-order valence-electron chi connectivity index (χ1n) is 6.04. The van der Waals surface area contributed by atoms with Gasteiger partial charge >= 0.3 is 0 Å². The maximum atomic E-state index is 11.5. The Bertz CT molecular complexity index is 320. The van der Waals surface area contributed by atoms with Crippen LogP contribution in [-0.2, 0) is 4.79 Å². The normalized spacial score (nSPS) is 10.4. The number of carbonyl (C=O) groups excluding carboxylic acids is 1. The Kier molecular flexibility index (Phi) is 5.61. The van der Waals surface area contributed by atoms with Gasteiger partial charge < -0.3 is 5.32 Å². The summed E-state index contributed by atoms with van der Waals surface area (Å²) in [5.41, 5.74) is 0.957. The van der Waals surface area contributed by atoms with Gasteiger partial charge in [-0.2, -0.15) is 5.10 Å². The van der Waals surface area contributed by atoms with Crippen molar-refractivity contribution in [1.82, 2.24) is 10.2 Å². The molecule has 0 bridgehead atoms. The molecule has 2 N–H and O–H groups in total. The molecule has 1 aromatic heterocycles. The van der Waals surface area contributed by atoms with Crippen molar-refractivity contribution < 1.29 is 4.79 Å². The van der Waals surface area contributed by atoms with E-state index in [4.69, 9.17) is 0 Å². The molecule has 16 heavy (non-hydrogen) atoms. The number of unbranched alkanes of at least 4 members (excludes halogenated alkanes) is 4. The summed E-state index contributed by atoms with van der Waals surface area (Å²) in [5, 5.41) is 9.52. The fraction of sp³-hybridized carbons (Fsp3) is 0.667. The molecule has 0 atom stereocenters. The first-order valence-corrected chi connectivity index (χ1v) is 6.04. The number of anilines is 1. The second-order valence-corrected chi connectivity index (χ2v) is 4.15. The second-order valence-electron chi connectivity index (χ2n) is 4.15. The van der Waals surface area contributed by atoms with E-state index < -0.39 is 0 Å². The lowest BCUT2D eigenvalue weighted by Gasteiger charge is -2.01. The van der Waals surface area contributed by atoms with Gasteiger partial charge in [0.2, 0.25) is 5.91 Å². The van der Waals surface area contributed by atoms with E-state index in [2.05, 4.69) is 22.4 Å². The summed E-state index contributed by atoms with van der Waals surface area (Å²) in [6.07, 6.45) is 6.43. The van der Waals surface area contributed by atoms with Crippen LogP contribution < -0.4 is 5.32 Å². The highest BCUT2D eigenvalue weighted by atomic mass is 16.1. The molecule has 0 saturated heterocycles. The van der Waals surface area contributed by atoms with Gasteiger partial charge in [0.25, 0.3) is 0 Å². The van der Waals surface area contributed by atoms with Gasteiger partial charge in [-0.25, -0.2) is 0 Å². The Morgan fingerprint density at radius 1 is 1.38 bits per heavy atom. The van der Waals surface area contributed by atoms with Crippen molar-refractivity contribution in [2.75, 3.05) is 5.32 Å². The molecule has 1 heterocycles. The van der Waals surface area contributed by atoms with Crippen LogP contribution in [0.5, 0.6) is 0 Å². The first kappa shape index (κ1) is 12.7. The second kappa shape index (κ2) is 7.04. The number of aryl methyl sites for hydroxylation is 1. The lowest BCUT2D eigenvalue weighted by molar-refractivity contribution is -0.116. The summed E-state index contributed by atoms with van der Waals surface area (Å²) in [6, 6.07) is 1.83. The van der Waals surface area contributed by atoms with Crippen LogP contribution in [-0.4, -0.2) is 16.1 Å². The highest BCUT2D eigenvalue weighted by molar-refractivity contribution is 5.89. The first-order chi connectivity index (χ1) is 7.72. The van der Waals surface area contributed by atoms with E-state index in [1.807, 2.05) is 13.0 Å². The number of hydrogen-bond donors (Lipinski definition) is 2. The number of rotatable bonds is 7. The Morgan fingerprint density at radius 3 is 2.75 bits per heavy atom. The smallest absolute Gasteiger partial charge is 0.225 e. The number of nitrogens with zero attached hydrogens (tertiary/aromatic N) is 1. The van der Waals surface area contributed by atoms with Gasteiger partial charge in [0.1, 0.15) is 0 Å². The molecule has 0 aromatic carbocycles. The van der Waals surface area contributed by atoms with Gasteiger partial charge in [-0.15, -0.1) is 0 Å². The van der Waals surface area contributed by atoms with Crippen molar-refractivity contribution in [3.05, 3.63) is 11.8 Å². The van der Waals surface area contributed by atoms with Crippen LogP contribution in [0.2, 0.25) is 0 Å². The van der Waals surface area contributed by atoms with Crippen LogP contribution in [0.25, 0.3) is 0 Å². The van der Waals surface area contributed by atoms with Crippen LogP contribution >= 0.6 is 0 Å². The average Bonchev–Trinajstić information content (AvgIpc) is 2.63. The Balaban J connectivity index is 2.11. The predicted molar refractivity (Wildman–Crippen MR) is 65.3 cm³/mol. The van der Waals surface area contributed by atoms with Gasteiger partial charge in [-0.05, 0) is 13.3 Å². The number of aromatic amines is 1. The Labute approximate surface area is 96.8 Å². The van der Waals surface area contributed by atoms with E-state index in [0.717, 1.165) is 18.5 Å². The average molecular weight is 223 g/mol. The minimum Gasteiger partial charge on any atom is -0.309 e. The van der Waals surface area contributed by atoms with Crippen molar-refractivity contribution in [2.24, 2.45) is 0 Å². The number of H-pyrrole nitrogens is 1. The van der Waals surface area contributed by atoms with Crippen molar-refractivity contribution in [2.45, 2.75) is 52.4 Å². The maximum Gasteiger partial charge on any atom is 0.225 e. The third kappa shape index (κ3) is 4.96. The molecular weight excluding hydrogens is 202 g/mol. The maximum absolute atomic E-state index is 11.5. The third-order valence-corrected chi connectivity index (χ3v) is 2.48. The van der Waals surface area contributed by atoms with Gasteiger partial charge in [-0.1, -0.05) is 32.6 Å². The molecule has 0 radical (unpaired) electrons. The van der Waals surface area contributed by atoms with Crippen LogP contribution in [0.3, 0.4) is 0 Å². The molecule has 0 fully saturated rings. The highest BCUT2D eigenvalue weighted by Gasteiger charge is 2.03. The number of carbonyl (C=O) groups is 1. The minimum atomic E-state index is 0.0583. The zero-order valence-electron chi connectivity index (χ0n) is 10.2. The van der Waals surface area contributed by atoms with E-state index in [1.54, 1.807) is 0 Å². The van der Waals surface area contributed by atoms with Gasteiger partial charge in [0.05, 0.1) is 0 Å². The highest BCUT2D eigenvalue weighted by Crippen LogP contribution is 2.08. The summed E-state index contributed by atoms with van der Waals surface area (Å²) < 4.78 is 0. The predicted octanol–water partition coefficient (Wildman–Crippen LogP) is 3.02. The molecule has 1 rings (SSSR count). The van der Waals surface area contributed by atoms with Crippen LogP contribution in [0, 0.1) is 6.92 Å². The van der Waals surface area contributed by atoms with Crippen molar-refractivity contribution >= 4 is 11.7 Å². The summed E-state index contributed by atoms with van der Waals surface area (Å²) in [7, 11) is 0. The van der Waals surface area contributed by atoms with Crippen LogP contribution in [0.1, 0.15) is 51.1 Å². The molecule has 0 aliphatic heterocycles. The molecule has 4 nitrogen and oxygen atoms in total. The summed E-state index contributed by atoms with van der Waals surface area (Å²) in [6.45, 7) is 4.10. The molecule has 90 valence electrons. The largest absolute Gasteiger partial charge is 0.309 e. The van der Waals surface area contributed by atoms with Gasteiger partial charge in [-0.3, -0.25) is 9.89 Å². The molecule has 0 aliphatic carbocycles. The zero-order chi connectivity index (χ0) is 11.8. The number of aromatic nitrogens is 2. The Morgan fingerprint density at radius 2 is 2.12 bits per heavy atom. The van der Waals surface area contributed by atoms with Crippen LogP contribution in [0.15, 0.2) is 6.07 Å². The van der Waals surface area contributed by atoms with Crippen molar-refractivity contribution in [3.63, 3.8) is 0 Å². The molecule has 0 unspecified atom stereocenters. The monoisotopic (exact) mass is 223 g/mol. The van der Waals surface area contributed by atoms with E-state index in [9.17, 15) is 4.79 Å². The third-order valence-electron chi connectivity index (χ3n) is 2.48. The number of amides is 1. The molecule has 0 saturated carbocycles. The SMILES string of the molecule is CCCCCCCC(=O)Nc1cc(C)[nH]n1. The summed E-state index contributed by atoms with van der Waals surface area (Å²) in [4.78, 5) is 11.5. The lowest BCUT2D eigenvalue weighted by Crippen LogP contribution is -2.11. The van der Waals surface area contributed by atoms with Crippen LogP contribution in [0.4, 0.5) is 5.82 Å². The number of hydrogen-bond acceptors (Lipinski definition) is 2.